The largest absolute Gasteiger partial charge is 0.507 e. The van der Waals surface area contributed by atoms with Crippen LogP contribution >= 0.6 is 27.3 Å². The highest BCUT2D eigenvalue weighted by molar-refractivity contribution is 9.10. The molecule has 3 aromatic carbocycles. The maximum Gasteiger partial charge on any atom is 0.301 e. The third-order valence-corrected chi connectivity index (χ3v) is 7.73. The van der Waals surface area contributed by atoms with Crippen LogP contribution in [0.5, 0.6) is 17.2 Å². The van der Waals surface area contributed by atoms with E-state index in [1.807, 2.05) is 30.3 Å². The maximum atomic E-state index is 13.5. The van der Waals surface area contributed by atoms with E-state index in [2.05, 4.69) is 20.9 Å². The normalized spacial score (nSPS) is 18.4. The molecule has 0 bridgehead atoms. The first-order chi connectivity index (χ1) is 17.9. The van der Waals surface area contributed by atoms with Crippen molar-refractivity contribution in [3.63, 3.8) is 0 Å². The van der Waals surface area contributed by atoms with E-state index in [-0.39, 0.29) is 11.3 Å². The number of aliphatic hydroxyl groups is 1. The van der Waals surface area contributed by atoms with Crippen LogP contribution in [0.4, 0.5) is 5.13 Å². The van der Waals surface area contributed by atoms with Gasteiger partial charge in [-0.3, -0.25) is 14.5 Å². The number of ketones is 1. The molecule has 0 radical (unpaired) electrons. The third kappa shape index (κ3) is 4.02. The smallest absolute Gasteiger partial charge is 0.301 e. The van der Waals surface area contributed by atoms with Crippen molar-refractivity contribution in [2.75, 3.05) is 25.2 Å². The Balaban J connectivity index is 1.53. The SMILES string of the molecule is COc1ccc2nc(N3C(=O)C(=O)C(=C(O)c4ccc5c(c4)OCCO5)[C@@H]3c3cccc(Br)c3)sc2c1. The Kier molecular flexibility index (Phi) is 5.85. The van der Waals surface area contributed by atoms with E-state index >= 15 is 0 Å². The van der Waals surface area contributed by atoms with Crippen LogP contribution in [0.3, 0.4) is 0 Å². The number of methoxy groups -OCH3 is 1. The zero-order valence-corrected chi connectivity index (χ0v) is 21.8. The first kappa shape index (κ1) is 23.5. The summed E-state index contributed by atoms with van der Waals surface area (Å²) in [5.41, 5.74) is 1.62. The van der Waals surface area contributed by atoms with Crippen molar-refractivity contribution in [2.24, 2.45) is 0 Å². The lowest BCUT2D eigenvalue weighted by Crippen LogP contribution is -2.29. The van der Waals surface area contributed by atoms with Crippen LogP contribution in [-0.2, 0) is 9.59 Å². The first-order valence-corrected chi connectivity index (χ1v) is 13.0. The minimum Gasteiger partial charge on any atom is -0.507 e. The minimum atomic E-state index is -0.895. The second-order valence-corrected chi connectivity index (χ2v) is 10.3. The van der Waals surface area contributed by atoms with E-state index in [9.17, 15) is 14.7 Å². The predicted octanol–water partition coefficient (Wildman–Crippen LogP) is 5.46. The van der Waals surface area contributed by atoms with Gasteiger partial charge in [-0.1, -0.05) is 39.4 Å². The Morgan fingerprint density at radius 3 is 2.68 bits per heavy atom. The lowest BCUT2D eigenvalue weighted by atomic mass is 9.95. The number of rotatable bonds is 4. The Morgan fingerprint density at radius 2 is 1.89 bits per heavy atom. The van der Waals surface area contributed by atoms with Gasteiger partial charge in [-0.25, -0.2) is 4.98 Å². The molecule has 10 heteroatoms. The number of thiazole rings is 1. The van der Waals surface area contributed by atoms with Crippen LogP contribution in [0.25, 0.3) is 16.0 Å². The molecule has 1 N–H and O–H groups in total. The Morgan fingerprint density at radius 1 is 1.08 bits per heavy atom. The standard InChI is InChI=1S/C27H19BrN2O6S/c1-34-17-6-7-18-21(13-17)37-27(29-18)30-23(14-3-2-4-16(28)11-14)22(25(32)26(30)33)24(31)15-5-8-19-20(12-15)36-10-9-35-19/h2-8,11-13,23,31H,9-10H2,1H3/t23-/m0/s1. The quantitative estimate of drug-likeness (QED) is 0.195. The number of nitrogens with zero attached hydrogens (tertiary/aromatic N) is 2. The number of carbonyl (C=O) groups excluding carboxylic acids is 2. The molecule has 186 valence electrons. The molecule has 1 saturated heterocycles. The van der Waals surface area contributed by atoms with Gasteiger partial charge in [0.25, 0.3) is 5.78 Å². The van der Waals surface area contributed by atoms with Gasteiger partial charge in [0.2, 0.25) is 0 Å². The highest BCUT2D eigenvalue weighted by Gasteiger charge is 2.48. The fraction of sp³-hybridized carbons (Fsp3) is 0.148. The van der Waals surface area contributed by atoms with Crippen molar-refractivity contribution in [2.45, 2.75) is 6.04 Å². The third-order valence-electron chi connectivity index (χ3n) is 6.21. The highest BCUT2D eigenvalue weighted by atomic mass is 79.9. The van der Waals surface area contributed by atoms with Crippen LogP contribution in [0.2, 0.25) is 0 Å². The van der Waals surface area contributed by atoms with Crippen LogP contribution in [0, 0.1) is 0 Å². The van der Waals surface area contributed by atoms with E-state index in [1.165, 1.54) is 16.2 Å². The van der Waals surface area contributed by atoms with Gasteiger partial charge in [0.05, 0.1) is 28.9 Å². The molecule has 0 unspecified atom stereocenters. The number of aliphatic hydroxyl groups excluding tert-OH is 1. The van der Waals surface area contributed by atoms with Crippen LogP contribution in [0.1, 0.15) is 17.2 Å². The van der Waals surface area contributed by atoms with Crippen molar-refractivity contribution in [3.8, 4) is 17.2 Å². The summed E-state index contributed by atoms with van der Waals surface area (Å²) >= 11 is 4.75. The van der Waals surface area contributed by atoms with Crippen molar-refractivity contribution in [1.82, 2.24) is 4.98 Å². The number of benzene rings is 3. The van der Waals surface area contributed by atoms with Gasteiger partial charge < -0.3 is 19.3 Å². The molecule has 0 spiro atoms. The van der Waals surface area contributed by atoms with E-state index < -0.39 is 17.7 Å². The van der Waals surface area contributed by atoms with Crippen LogP contribution in [0.15, 0.2) is 70.7 Å². The van der Waals surface area contributed by atoms with Crippen molar-refractivity contribution in [1.29, 1.82) is 0 Å². The monoisotopic (exact) mass is 578 g/mol. The molecular weight excluding hydrogens is 560 g/mol. The number of hydrogen-bond donors (Lipinski definition) is 1. The number of carbonyl (C=O) groups is 2. The topological polar surface area (TPSA) is 98.2 Å². The lowest BCUT2D eigenvalue weighted by molar-refractivity contribution is -0.132. The first-order valence-electron chi connectivity index (χ1n) is 11.4. The van der Waals surface area contributed by atoms with E-state index in [0.717, 1.165) is 9.17 Å². The summed E-state index contributed by atoms with van der Waals surface area (Å²) in [5.74, 6) is -0.192. The fourth-order valence-electron chi connectivity index (χ4n) is 4.49. The molecule has 1 amide bonds. The number of Topliss-reactive ketones (excluding diaryl/α,β-unsaturated/α-hetero) is 1. The summed E-state index contributed by atoms with van der Waals surface area (Å²) in [6.07, 6.45) is 0. The fourth-order valence-corrected chi connectivity index (χ4v) is 5.93. The molecule has 37 heavy (non-hydrogen) atoms. The molecule has 8 nitrogen and oxygen atoms in total. The number of ether oxygens (including phenoxy) is 3. The average Bonchev–Trinajstić information content (AvgIpc) is 3.45. The Bertz CT molecular complexity index is 1610. The number of anilines is 1. The summed E-state index contributed by atoms with van der Waals surface area (Å²) in [7, 11) is 1.58. The molecule has 1 aromatic heterocycles. The van der Waals surface area contributed by atoms with E-state index in [0.29, 0.717) is 52.2 Å². The molecule has 2 aliphatic rings. The summed E-state index contributed by atoms with van der Waals surface area (Å²) in [4.78, 5) is 32.9. The lowest BCUT2D eigenvalue weighted by Gasteiger charge is -2.23. The highest BCUT2D eigenvalue weighted by Crippen LogP contribution is 2.45. The average molecular weight is 579 g/mol. The molecular formula is C27H19BrN2O6S. The molecule has 0 aliphatic carbocycles. The van der Waals surface area contributed by atoms with Gasteiger partial charge >= 0.3 is 5.91 Å². The minimum absolute atomic E-state index is 0.0309. The van der Waals surface area contributed by atoms with Gasteiger partial charge in [-0.2, -0.15) is 0 Å². The van der Waals surface area contributed by atoms with Gasteiger partial charge in [-0.05, 0) is 54.1 Å². The molecule has 6 rings (SSSR count). The maximum absolute atomic E-state index is 13.5. The summed E-state index contributed by atoms with van der Waals surface area (Å²) < 4.78 is 18.1. The Hall–Kier alpha value is -3.89. The second kappa shape index (κ2) is 9.20. The zero-order chi connectivity index (χ0) is 25.7. The summed E-state index contributed by atoms with van der Waals surface area (Å²) in [5, 5.41) is 11.8. The van der Waals surface area contributed by atoms with Crippen LogP contribution in [-0.4, -0.2) is 42.1 Å². The number of amides is 1. The summed E-state index contributed by atoms with van der Waals surface area (Å²) in [6.45, 7) is 0.808. The Labute approximate surface area is 223 Å². The number of aromatic nitrogens is 1. The van der Waals surface area contributed by atoms with Crippen LogP contribution < -0.4 is 19.1 Å². The van der Waals surface area contributed by atoms with Crippen molar-refractivity contribution < 1.29 is 28.9 Å². The van der Waals surface area contributed by atoms with Crippen molar-refractivity contribution >= 4 is 60.1 Å². The van der Waals surface area contributed by atoms with E-state index in [1.54, 1.807) is 37.4 Å². The molecule has 4 aromatic rings. The van der Waals surface area contributed by atoms with Gasteiger partial charge in [0.1, 0.15) is 24.7 Å². The number of hydrogen-bond acceptors (Lipinski definition) is 8. The van der Waals surface area contributed by atoms with E-state index in [4.69, 9.17) is 14.2 Å². The van der Waals surface area contributed by atoms with Crippen molar-refractivity contribution in [3.05, 3.63) is 81.8 Å². The zero-order valence-electron chi connectivity index (χ0n) is 19.4. The molecule has 2 aliphatic heterocycles. The second-order valence-electron chi connectivity index (χ2n) is 8.41. The number of halogens is 1. The molecule has 1 fully saturated rings. The predicted molar refractivity (Wildman–Crippen MR) is 143 cm³/mol. The van der Waals surface area contributed by atoms with Gasteiger partial charge in [0, 0.05) is 10.0 Å². The molecule has 0 saturated carbocycles. The summed E-state index contributed by atoms with van der Waals surface area (Å²) in [6, 6.07) is 16.7. The van der Waals surface area contributed by atoms with Gasteiger partial charge in [-0.15, -0.1) is 0 Å². The van der Waals surface area contributed by atoms with Gasteiger partial charge in [0.15, 0.2) is 16.6 Å². The number of fused-ring (bicyclic) bond motifs is 2. The molecule has 3 heterocycles. The molecule has 1 atom stereocenters.